The molecule has 8 nitrogen and oxygen atoms in total. The molecular formula is C16H24F3N7OS. The van der Waals surface area contributed by atoms with Gasteiger partial charge in [-0.1, -0.05) is 0 Å². The van der Waals surface area contributed by atoms with Gasteiger partial charge in [0.05, 0.1) is 6.54 Å². The van der Waals surface area contributed by atoms with Crippen molar-refractivity contribution in [3.05, 3.63) is 27.7 Å². The molecule has 2 aromatic rings. The Labute approximate surface area is 165 Å². The quantitative estimate of drug-likeness (QED) is 0.368. The molecule has 2 rings (SSSR count). The zero-order valence-electron chi connectivity index (χ0n) is 16.0. The molecule has 2 N–H and O–H groups in total. The first kappa shape index (κ1) is 22.1. The summed E-state index contributed by atoms with van der Waals surface area (Å²) in [6, 6.07) is 0. The van der Waals surface area contributed by atoms with Crippen molar-refractivity contribution >= 4 is 17.3 Å². The van der Waals surface area contributed by atoms with Gasteiger partial charge in [-0.05, 0) is 20.3 Å². The number of aromatic nitrogens is 4. The van der Waals surface area contributed by atoms with Crippen LogP contribution in [0, 0.1) is 6.92 Å². The van der Waals surface area contributed by atoms with Crippen LogP contribution < -0.4 is 10.6 Å². The highest BCUT2D eigenvalue weighted by molar-refractivity contribution is 7.09. The summed E-state index contributed by atoms with van der Waals surface area (Å²) in [6.07, 6.45) is -3.67. The van der Waals surface area contributed by atoms with E-state index in [9.17, 15) is 13.2 Å². The van der Waals surface area contributed by atoms with E-state index in [1.54, 1.807) is 0 Å². The van der Waals surface area contributed by atoms with Gasteiger partial charge in [-0.3, -0.25) is 0 Å². The lowest BCUT2D eigenvalue weighted by Crippen LogP contribution is -2.38. The van der Waals surface area contributed by atoms with Crippen molar-refractivity contribution in [3.63, 3.8) is 0 Å². The summed E-state index contributed by atoms with van der Waals surface area (Å²) in [5.74, 6) is 1.91. The molecule has 0 spiro atoms. The fraction of sp³-hybridized carbons (Fsp3) is 0.625. The van der Waals surface area contributed by atoms with E-state index in [0.717, 1.165) is 29.0 Å². The van der Waals surface area contributed by atoms with Crippen LogP contribution in [-0.2, 0) is 31.1 Å². The van der Waals surface area contributed by atoms with E-state index in [4.69, 9.17) is 4.74 Å². The van der Waals surface area contributed by atoms with Crippen LogP contribution in [0.25, 0.3) is 0 Å². The van der Waals surface area contributed by atoms with Crippen LogP contribution in [0.15, 0.2) is 10.4 Å². The van der Waals surface area contributed by atoms with E-state index in [2.05, 4.69) is 30.8 Å². The first-order valence-electron chi connectivity index (χ1n) is 8.77. The van der Waals surface area contributed by atoms with E-state index in [-0.39, 0.29) is 13.1 Å². The Morgan fingerprint density at radius 2 is 2.11 bits per heavy atom. The minimum Gasteiger partial charge on any atom is -0.382 e. The molecule has 12 heteroatoms. The molecule has 0 amide bonds. The molecule has 2 heterocycles. The number of nitrogens with one attached hydrogen (secondary N) is 2. The van der Waals surface area contributed by atoms with E-state index in [1.165, 1.54) is 0 Å². The molecule has 2 aromatic heterocycles. The lowest BCUT2D eigenvalue weighted by molar-refractivity contribution is -0.140. The van der Waals surface area contributed by atoms with Gasteiger partial charge in [0.15, 0.2) is 17.5 Å². The summed E-state index contributed by atoms with van der Waals surface area (Å²) >= 11 is 0.951. The molecule has 0 saturated heterocycles. The van der Waals surface area contributed by atoms with Gasteiger partial charge in [0.2, 0.25) is 0 Å². The fourth-order valence-electron chi connectivity index (χ4n) is 2.12. The maximum absolute atomic E-state index is 12.7. The van der Waals surface area contributed by atoms with Gasteiger partial charge in [-0.25, -0.2) is 9.98 Å². The number of aryl methyl sites for hydroxylation is 1. The van der Waals surface area contributed by atoms with Gasteiger partial charge in [0.25, 0.3) is 0 Å². The van der Waals surface area contributed by atoms with Gasteiger partial charge >= 0.3 is 6.18 Å². The number of rotatable bonds is 9. The van der Waals surface area contributed by atoms with Gasteiger partial charge in [-0.15, -0.1) is 21.5 Å². The summed E-state index contributed by atoms with van der Waals surface area (Å²) in [5.41, 5.74) is -0.882. The number of hydrogen-bond acceptors (Lipinski definition) is 6. The minimum atomic E-state index is -4.44. The lowest BCUT2D eigenvalue weighted by atomic mass is 10.4. The number of halogens is 3. The monoisotopic (exact) mass is 419 g/mol. The van der Waals surface area contributed by atoms with Crippen molar-refractivity contribution in [1.29, 1.82) is 0 Å². The molecule has 0 saturated carbocycles. The molecule has 156 valence electrons. The molecule has 28 heavy (non-hydrogen) atoms. The van der Waals surface area contributed by atoms with Crippen molar-refractivity contribution < 1.29 is 17.9 Å². The topological polar surface area (TPSA) is 89.2 Å². The molecule has 0 radical (unpaired) electrons. The summed E-state index contributed by atoms with van der Waals surface area (Å²) in [7, 11) is 1.84. The van der Waals surface area contributed by atoms with Gasteiger partial charge < -0.3 is 19.9 Å². The van der Waals surface area contributed by atoms with Crippen LogP contribution in [0.1, 0.15) is 35.7 Å². The van der Waals surface area contributed by atoms with Crippen LogP contribution in [0.2, 0.25) is 0 Å². The zero-order valence-corrected chi connectivity index (χ0v) is 16.8. The van der Waals surface area contributed by atoms with Crippen LogP contribution in [-0.4, -0.2) is 45.5 Å². The standard InChI is InChI=1S/C16H24F3N7OS/c1-4-27-7-5-6-20-15(21-8-13-25-24-11(2)26(13)3)22-9-14-23-12(10-28-14)16(17,18)19/h10H,4-9H2,1-3H3,(H2,20,21,22). The van der Waals surface area contributed by atoms with Gasteiger partial charge in [-0.2, -0.15) is 13.2 Å². The van der Waals surface area contributed by atoms with Crippen LogP contribution in [0.4, 0.5) is 13.2 Å². The Hall–Kier alpha value is -2.21. The third-order valence-corrected chi connectivity index (χ3v) is 4.62. The van der Waals surface area contributed by atoms with Crippen molar-refractivity contribution in [1.82, 2.24) is 30.4 Å². The summed E-state index contributed by atoms with van der Waals surface area (Å²) in [5, 5.41) is 15.5. The molecule has 0 aromatic carbocycles. The van der Waals surface area contributed by atoms with Crippen molar-refractivity contribution in [2.45, 2.75) is 39.5 Å². The highest BCUT2D eigenvalue weighted by Crippen LogP contribution is 2.29. The van der Waals surface area contributed by atoms with Crippen LogP contribution >= 0.6 is 11.3 Å². The molecular weight excluding hydrogens is 395 g/mol. The number of ether oxygens (including phenoxy) is 1. The van der Waals surface area contributed by atoms with Crippen LogP contribution in [0.5, 0.6) is 0 Å². The first-order valence-corrected chi connectivity index (χ1v) is 9.65. The minimum absolute atomic E-state index is 0.135. The number of alkyl halides is 3. The lowest BCUT2D eigenvalue weighted by Gasteiger charge is -2.12. The highest BCUT2D eigenvalue weighted by Gasteiger charge is 2.33. The number of hydrogen-bond donors (Lipinski definition) is 2. The normalized spacial score (nSPS) is 12.4. The summed E-state index contributed by atoms with van der Waals surface area (Å²) in [6.45, 7) is 6.05. The van der Waals surface area contributed by atoms with Gasteiger partial charge in [0, 0.05) is 32.2 Å². The smallest absolute Gasteiger partial charge is 0.382 e. The third kappa shape index (κ3) is 6.75. The average molecular weight is 419 g/mol. The summed E-state index contributed by atoms with van der Waals surface area (Å²) in [4.78, 5) is 8.05. The largest absolute Gasteiger partial charge is 0.434 e. The van der Waals surface area contributed by atoms with E-state index in [1.807, 2.05) is 25.5 Å². The second-order valence-electron chi connectivity index (χ2n) is 5.84. The predicted molar refractivity (Wildman–Crippen MR) is 99.9 cm³/mol. The number of guanidine groups is 1. The van der Waals surface area contributed by atoms with Crippen molar-refractivity contribution in [2.24, 2.45) is 12.0 Å². The first-order chi connectivity index (χ1) is 13.3. The third-order valence-electron chi connectivity index (χ3n) is 3.77. The molecule has 0 aliphatic heterocycles. The van der Waals surface area contributed by atoms with E-state index >= 15 is 0 Å². The fourth-order valence-corrected chi connectivity index (χ4v) is 2.86. The van der Waals surface area contributed by atoms with E-state index in [0.29, 0.717) is 36.6 Å². The maximum Gasteiger partial charge on any atom is 0.434 e. The average Bonchev–Trinajstić information content (AvgIpc) is 3.25. The second kappa shape index (κ2) is 10.4. The second-order valence-corrected chi connectivity index (χ2v) is 6.78. The zero-order chi connectivity index (χ0) is 20.6. The Bertz CT molecular complexity index is 773. The SMILES string of the molecule is CCOCCCNC(=NCc1nnc(C)n1C)NCc1nc(C(F)(F)F)cs1. The maximum atomic E-state index is 12.7. The number of aliphatic imine (C=N–C) groups is 1. The number of nitrogens with zero attached hydrogens (tertiary/aromatic N) is 5. The molecule has 0 atom stereocenters. The molecule has 0 bridgehead atoms. The van der Waals surface area contributed by atoms with Crippen molar-refractivity contribution in [2.75, 3.05) is 19.8 Å². The highest BCUT2D eigenvalue weighted by atomic mass is 32.1. The van der Waals surface area contributed by atoms with E-state index < -0.39 is 11.9 Å². The Kier molecular flexibility index (Phi) is 8.18. The number of thiazole rings is 1. The predicted octanol–water partition coefficient (Wildman–Crippen LogP) is 2.26. The Balaban J connectivity index is 1.97. The molecule has 0 aliphatic carbocycles. The molecule has 0 aliphatic rings. The Morgan fingerprint density at radius 3 is 2.71 bits per heavy atom. The van der Waals surface area contributed by atoms with Crippen molar-refractivity contribution in [3.8, 4) is 0 Å². The molecule has 0 fully saturated rings. The molecule has 0 unspecified atom stereocenters. The van der Waals surface area contributed by atoms with Gasteiger partial charge in [0.1, 0.15) is 17.4 Å². The van der Waals surface area contributed by atoms with Crippen LogP contribution in [0.3, 0.4) is 0 Å². The summed E-state index contributed by atoms with van der Waals surface area (Å²) < 4.78 is 45.1. The Morgan fingerprint density at radius 1 is 1.32 bits per heavy atom.